The maximum absolute atomic E-state index is 12.7. The number of carbonyl (C=O) groups excluding carboxylic acids is 2. The Balaban J connectivity index is 4.07. The maximum atomic E-state index is 12.7. The molecule has 9 nitrogen and oxygen atoms in total. The highest BCUT2D eigenvalue weighted by atomic mass is 31.2. The lowest BCUT2D eigenvalue weighted by molar-refractivity contribution is -0.870. The van der Waals surface area contributed by atoms with Crippen molar-refractivity contribution in [3.8, 4) is 0 Å². The van der Waals surface area contributed by atoms with E-state index in [1.165, 1.54) is 186 Å². The predicted octanol–water partition coefficient (Wildman–Crippen LogP) is 17.4. The summed E-state index contributed by atoms with van der Waals surface area (Å²) in [5.41, 5.74) is 0. The molecule has 10 heteroatoms. The number of hydrogen-bond donors (Lipinski definition) is 0. The fraction of sp³-hybridized carbons (Fsp3) is 0.864. The Bertz CT molecular complexity index is 1260. The third-order valence-corrected chi connectivity index (χ3v) is 13.8. The first kappa shape index (κ1) is 67.2. The van der Waals surface area contributed by atoms with E-state index in [9.17, 15) is 19.0 Å². The first-order valence-corrected chi connectivity index (χ1v) is 30.7. The molecule has 2 atom stereocenters. The number of unbranched alkanes of at least 4 members (excludes halogenated alkanes) is 34. The van der Waals surface area contributed by atoms with Crippen molar-refractivity contribution in [2.24, 2.45) is 0 Å². The van der Waals surface area contributed by atoms with E-state index >= 15 is 0 Å². The second-order valence-corrected chi connectivity index (χ2v) is 22.4. The van der Waals surface area contributed by atoms with E-state index in [4.69, 9.17) is 18.5 Å². The summed E-state index contributed by atoms with van der Waals surface area (Å²) in [6.07, 6.45) is 62.0. The molecule has 0 amide bonds. The molecule has 0 saturated heterocycles. The van der Waals surface area contributed by atoms with Crippen molar-refractivity contribution in [1.82, 2.24) is 0 Å². The van der Waals surface area contributed by atoms with Gasteiger partial charge in [-0.25, -0.2) is 0 Å². The van der Waals surface area contributed by atoms with Gasteiger partial charge in [0.15, 0.2) is 6.10 Å². The summed E-state index contributed by atoms with van der Waals surface area (Å²) in [5, 5.41) is 0. The monoisotopic (exact) mass is 994 g/mol. The lowest BCUT2D eigenvalue weighted by Crippen LogP contribution is -2.37. The number of allylic oxidation sites excluding steroid dienone is 6. The van der Waals surface area contributed by atoms with Crippen LogP contribution in [0.3, 0.4) is 0 Å². The zero-order chi connectivity index (χ0) is 50.6. The van der Waals surface area contributed by atoms with E-state index in [1.807, 2.05) is 21.1 Å². The van der Waals surface area contributed by atoms with Crippen LogP contribution in [-0.2, 0) is 32.7 Å². The third-order valence-electron chi connectivity index (χ3n) is 12.9. The van der Waals surface area contributed by atoms with Crippen LogP contribution < -0.4 is 4.89 Å². The average molecular weight is 995 g/mol. The second-order valence-electron chi connectivity index (χ2n) is 21.0. The van der Waals surface area contributed by atoms with Crippen molar-refractivity contribution in [2.75, 3.05) is 47.5 Å². The molecule has 69 heavy (non-hydrogen) atoms. The largest absolute Gasteiger partial charge is 0.756 e. The zero-order valence-corrected chi connectivity index (χ0v) is 46.9. The number of hydrogen-bond acceptors (Lipinski definition) is 8. The van der Waals surface area contributed by atoms with Crippen LogP contribution in [0.5, 0.6) is 0 Å². The number of phosphoric acid groups is 1. The Labute approximate surface area is 427 Å². The summed E-state index contributed by atoms with van der Waals surface area (Å²) in [4.78, 5) is 37.8. The lowest BCUT2D eigenvalue weighted by Gasteiger charge is -2.28. The third kappa shape index (κ3) is 55.4. The number of nitrogens with zero attached hydrogens (tertiary/aromatic N) is 1. The van der Waals surface area contributed by atoms with Gasteiger partial charge in [0.2, 0.25) is 0 Å². The zero-order valence-electron chi connectivity index (χ0n) is 46.0. The van der Waals surface area contributed by atoms with Crippen molar-refractivity contribution in [1.29, 1.82) is 0 Å². The number of carbonyl (C=O) groups is 2. The molecule has 0 N–H and O–H groups in total. The van der Waals surface area contributed by atoms with Crippen molar-refractivity contribution in [3.05, 3.63) is 36.5 Å². The van der Waals surface area contributed by atoms with Gasteiger partial charge >= 0.3 is 11.9 Å². The SMILES string of the molecule is CCCCCC/C=C\C/C=C\CCCCCCCC(=O)OC(COC(=O)CCCCCCCCCCCCCCCCCCC/C=C\CCCCCCCCCC)COP(=O)([O-])OCC[N+](C)(C)C. The highest BCUT2D eigenvalue weighted by Gasteiger charge is 2.22. The number of phosphoric ester groups is 1. The molecule has 0 aliphatic rings. The Morgan fingerprint density at radius 2 is 0.783 bits per heavy atom. The highest BCUT2D eigenvalue weighted by molar-refractivity contribution is 7.45. The molecule has 406 valence electrons. The van der Waals surface area contributed by atoms with Gasteiger partial charge in [-0.05, 0) is 70.6 Å². The molecule has 2 unspecified atom stereocenters. The number of ether oxygens (including phenoxy) is 2. The van der Waals surface area contributed by atoms with E-state index in [0.717, 1.165) is 57.8 Å². The molecular weight excluding hydrogens is 882 g/mol. The minimum absolute atomic E-state index is 0.0326. The van der Waals surface area contributed by atoms with Crippen LogP contribution in [0.4, 0.5) is 0 Å². The van der Waals surface area contributed by atoms with Gasteiger partial charge in [-0.15, -0.1) is 0 Å². The number of quaternary nitrogens is 1. The van der Waals surface area contributed by atoms with Crippen molar-refractivity contribution in [2.45, 2.75) is 283 Å². The highest BCUT2D eigenvalue weighted by Crippen LogP contribution is 2.38. The van der Waals surface area contributed by atoms with Gasteiger partial charge in [0.05, 0.1) is 27.7 Å². The molecule has 0 saturated carbocycles. The van der Waals surface area contributed by atoms with Crippen LogP contribution in [0.1, 0.15) is 277 Å². The second kappa shape index (κ2) is 51.1. The van der Waals surface area contributed by atoms with E-state index in [2.05, 4.69) is 50.3 Å². The summed E-state index contributed by atoms with van der Waals surface area (Å²) in [5.74, 6) is -0.839. The van der Waals surface area contributed by atoms with Gasteiger partial charge in [-0.1, -0.05) is 230 Å². The summed E-state index contributed by atoms with van der Waals surface area (Å²) in [7, 11) is 1.16. The summed E-state index contributed by atoms with van der Waals surface area (Å²) in [6.45, 7) is 4.24. The van der Waals surface area contributed by atoms with Crippen LogP contribution in [0, 0.1) is 0 Å². The molecule has 0 aromatic carbocycles. The van der Waals surface area contributed by atoms with Gasteiger partial charge in [0.1, 0.15) is 19.8 Å². The first-order chi connectivity index (χ1) is 33.5. The van der Waals surface area contributed by atoms with Crippen LogP contribution in [0.25, 0.3) is 0 Å². The molecule has 0 heterocycles. The van der Waals surface area contributed by atoms with E-state index in [0.29, 0.717) is 17.4 Å². The molecule has 0 bridgehead atoms. The fourth-order valence-electron chi connectivity index (χ4n) is 8.33. The van der Waals surface area contributed by atoms with Gasteiger partial charge in [0.25, 0.3) is 7.82 Å². The summed E-state index contributed by atoms with van der Waals surface area (Å²) < 4.78 is 34.1. The molecule has 0 aromatic rings. The van der Waals surface area contributed by atoms with Crippen LogP contribution in [0.15, 0.2) is 36.5 Å². The normalized spacial score (nSPS) is 13.5. The Morgan fingerprint density at radius 1 is 0.449 bits per heavy atom. The predicted molar refractivity (Wildman–Crippen MR) is 291 cm³/mol. The average Bonchev–Trinajstić information content (AvgIpc) is 3.31. The molecule has 0 rings (SSSR count). The van der Waals surface area contributed by atoms with Gasteiger partial charge < -0.3 is 27.9 Å². The summed E-state index contributed by atoms with van der Waals surface area (Å²) in [6, 6.07) is 0. The van der Waals surface area contributed by atoms with Gasteiger partial charge in [0, 0.05) is 12.8 Å². The quantitative estimate of drug-likeness (QED) is 0.0195. The standard InChI is InChI=1S/C59H112NO8P/c1-6-8-10-12-14-16-18-20-22-24-25-26-27-28-29-30-31-32-33-34-35-36-38-39-41-43-45-47-49-51-58(61)65-55-57(56-67-69(63,64)66-54-53-60(3,4)5)68-59(62)52-50-48-46-44-42-40-37-23-21-19-17-15-13-11-9-7-2/h17,19,23-25,37,57H,6-16,18,20-22,26-36,38-56H2,1-5H3/b19-17-,25-24-,37-23-. The molecule has 0 aromatic heterocycles. The number of rotatable bonds is 54. The smallest absolute Gasteiger partial charge is 0.306 e. The van der Waals surface area contributed by atoms with E-state index in [-0.39, 0.29) is 32.0 Å². The van der Waals surface area contributed by atoms with Crippen LogP contribution in [-0.4, -0.2) is 70.0 Å². The lowest BCUT2D eigenvalue weighted by atomic mass is 10.0. The maximum Gasteiger partial charge on any atom is 0.306 e. The van der Waals surface area contributed by atoms with Crippen molar-refractivity contribution >= 4 is 19.8 Å². The van der Waals surface area contributed by atoms with E-state index in [1.54, 1.807) is 0 Å². The Morgan fingerprint density at radius 3 is 1.17 bits per heavy atom. The first-order valence-electron chi connectivity index (χ1n) is 29.2. The molecule has 0 radical (unpaired) electrons. The molecule has 0 aliphatic heterocycles. The molecular formula is C59H112NO8P. The Kier molecular flexibility index (Phi) is 49.8. The minimum atomic E-state index is -4.64. The fourth-order valence-corrected chi connectivity index (χ4v) is 9.06. The van der Waals surface area contributed by atoms with Gasteiger partial charge in [-0.2, -0.15) is 0 Å². The molecule has 0 aliphatic carbocycles. The van der Waals surface area contributed by atoms with Gasteiger partial charge in [-0.3, -0.25) is 14.2 Å². The number of esters is 2. The van der Waals surface area contributed by atoms with Crippen LogP contribution in [0.2, 0.25) is 0 Å². The Hall–Kier alpha value is -1.77. The minimum Gasteiger partial charge on any atom is -0.756 e. The van der Waals surface area contributed by atoms with E-state index < -0.39 is 26.5 Å². The molecule has 0 spiro atoms. The van der Waals surface area contributed by atoms with Crippen molar-refractivity contribution < 1.29 is 42.1 Å². The summed E-state index contributed by atoms with van der Waals surface area (Å²) >= 11 is 0. The van der Waals surface area contributed by atoms with Crippen LogP contribution >= 0.6 is 7.82 Å². The number of likely N-dealkylation sites (N-methyl/N-ethyl adjacent to an activating group) is 1. The molecule has 0 fully saturated rings. The topological polar surface area (TPSA) is 111 Å². The van der Waals surface area contributed by atoms with Crippen molar-refractivity contribution in [3.63, 3.8) is 0 Å².